The first-order valence-electron chi connectivity index (χ1n) is 7.05. The minimum absolute atomic E-state index is 0.0324. The molecule has 2 aromatic carbocycles. The second-order valence-electron chi connectivity index (χ2n) is 5.51. The fraction of sp³-hybridized carbons (Fsp3) is 0.294. The van der Waals surface area contributed by atoms with Gasteiger partial charge in [-0.15, -0.1) is 0 Å². The minimum atomic E-state index is -0.533. The number of rotatable bonds is 2. The van der Waals surface area contributed by atoms with Crippen LogP contribution in [0.2, 0.25) is 0 Å². The Kier molecular flexibility index (Phi) is 4.09. The zero-order chi connectivity index (χ0) is 15.0. The van der Waals surface area contributed by atoms with Gasteiger partial charge in [-0.05, 0) is 58.5 Å². The molecule has 0 heterocycles. The van der Waals surface area contributed by atoms with E-state index in [1.54, 1.807) is 0 Å². The number of fused-ring (bicyclic) bond motifs is 1. The molecule has 0 fully saturated rings. The second-order valence-corrected chi connectivity index (χ2v) is 6.37. The summed E-state index contributed by atoms with van der Waals surface area (Å²) in [5, 5.41) is 0. The summed E-state index contributed by atoms with van der Waals surface area (Å²) in [7, 11) is 0. The highest BCUT2D eigenvalue weighted by Crippen LogP contribution is 2.40. The quantitative estimate of drug-likeness (QED) is 0.769. The van der Waals surface area contributed by atoms with Gasteiger partial charge in [0.25, 0.3) is 0 Å². The average molecular weight is 352 g/mol. The van der Waals surface area contributed by atoms with Crippen LogP contribution in [0.25, 0.3) is 0 Å². The zero-order valence-electron chi connectivity index (χ0n) is 11.5. The van der Waals surface area contributed by atoms with Crippen LogP contribution in [0.4, 0.5) is 8.78 Å². The van der Waals surface area contributed by atoms with Crippen LogP contribution in [0.1, 0.15) is 41.5 Å². The molecule has 1 nitrogen and oxygen atoms in total. The molecule has 0 aromatic heterocycles. The van der Waals surface area contributed by atoms with Crippen molar-refractivity contribution in [2.75, 3.05) is 0 Å². The standard InChI is InChI=1S/C17H16BrF2N/c18-14-9-15(19)13(8-16(14)20)17(21)12-7-3-5-10-4-1-2-6-11(10)12/h1-2,4,6,8-9,12,17H,3,5,7,21H2. The summed E-state index contributed by atoms with van der Waals surface area (Å²) in [5.41, 5.74) is 8.96. The van der Waals surface area contributed by atoms with E-state index in [2.05, 4.69) is 22.0 Å². The van der Waals surface area contributed by atoms with Crippen molar-refractivity contribution < 1.29 is 8.78 Å². The molecule has 1 aliphatic carbocycles. The van der Waals surface area contributed by atoms with Crippen molar-refractivity contribution in [2.24, 2.45) is 5.73 Å². The van der Waals surface area contributed by atoms with Crippen LogP contribution in [-0.4, -0.2) is 0 Å². The predicted octanol–water partition coefficient (Wildman–Crippen LogP) is 4.85. The lowest BCUT2D eigenvalue weighted by atomic mass is 9.77. The molecule has 0 aliphatic heterocycles. The second kappa shape index (κ2) is 5.85. The molecule has 0 bridgehead atoms. The lowest BCUT2D eigenvalue weighted by molar-refractivity contribution is 0.454. The Labute approximate surface area is 131 Å². The first kappa shape index (κ1) is 14.7. The van der Waals surface area contributed by atoms with Gasteiger partial charge in [-0.2, -0.15) is 0 Å². The van der Waals surface area contributed by atoms with Crippen molar-refractivity contribution >= 4 is 15.9 Å². The van der Waals surface area contributed by atoms with Crippen molar-refractivity contribution in [1.82, 2.24) is 0 Å². The smallest absolute Gasteiger partial charge is 0.137 e. The van der Waals surface area contributed by atoms with Crippen LogP contribution in [-0.2, 0) is 6.42 Å². The number of aryl methyl sites for hydroxylation is 1. The zero-order valence-corrected chi connectivity index (χ0v) is 13.0. The highest BCUT2D eigenvalue weighted by atomic mass is 79.9. The number of hydrogen-bond acceptors (Lipinski definition) is 1. The van der Waals surface area contributed by atoms with Crippen molar-refractivity contribution in [3.05, 3.63) is 69.2 Å². The molecule has 3 rings (SSSR count). The van der Waals surface area contributed by atoms with Gasteiger partial charge < -0.3 is 5.73 Å². The molecule has 2 aromatic rings. The molecule has 0 saturated carbocycles. The molecule has 2 unspecified atom stereocenters. The van der Waals surface area contributed by atoms with E-state index in [9.17, 15) is 8.78 Å². The summed E-state index contributed by atoms with van der Waals surface area (Å²) >= 11 is 3.00. The normalized spacial score (nSPS) is 19.1. The first-order chi connectivity index (χ1) is 10.1. The average Bonchev–Trinajstić information content (AvgIpc) is 2.49. The molecular weight excluding hydrogens is 336 g/mol. The van der Waals surface area contributed by atoms with Crippen molar-refractivity contribution in [2.45, 2.75) is 31.2 Å². The maximum absolute atomic E-state index is 14.1. The summed E-state index contributed by atoms with van der Waals surface area (Å²) < 4.78 is 28.0. The van der Waals surface area contributed by atoms with E-state index < -0.39 is 17.7 Å². The van der Waals surface area contributed by atoms with Crippen LogP contribution in [0.5, 0.6) is 0 Å². The summed E-state index contributed by atoms with van der Waals surface area (Å²) in [6, 6.07) is 9.95. The summed E-state index contributed by atoms with van der Waals surface area (Å²) in [6.45, 7) is 0. The number of benzene rings is 2. The number of hydrogen-bond donors (Lipinski definition) is 1. The Balaban J connectivity index is 2.00. The summed E-state index contributed by atoms with van der Waals surface area (Å²) in [4.78, 5) is 0. The monoisotopic (exact) mass is 351 g/mol. The van der Waals surface area contributed by atoms with Crippen LogP contribution >= 0.6 is 15.9 Å². The van der Waals surface area contributed by atoms with E-state index in [4.69, 9.17) is 5.73 Å². The van der Waals surface area contributed by atoms with Gasteiger partial charge in [0.15, 0.2) is 0 Å². The van der Waals surface area contributed by atoms with Gasteiger partial charge in [-0.1, -0.05) is 24.3 Å². The Morgan fingerprint density at radius 1 is 1.14 bits per heavy atom. The molecule has 110 valence electrons. The first-order valence-corrected chi connectivity index (χ1v) is 7.85. The maximum atomic E-state index is 14.1. The van der Waals surface area contributed by atoms with E-state index in [1.165, 1.54) is 17.2 Å². The predicted molar refractivity (Wildman–Crippen MR) is 83.1 cm³/mol. The molecule has 0 saturated heterocycles. The largest absolute Gasteiger partial charge is 0.323 e. The van der Waals surface area contributed by atoms with Crippen molar-refractivity contribution in [3.8, 4) is 0 Å². The molecule has 2 N–H and O–H groups in total. The van der Waals surface area contributed by atoms with Gasteiger partial charge in [-0.3, -0.25) is 0 Å². The van der Waals surface area contributed by atoms with Gasteiger partial charge in [0.2, 0.25) is 0 Å². The van der Waals surface area contributed by atoms with E-state index in [0.29, 0.717) is 0 Å². The van der Waals surface area contributed by atoms with Gasteiger partial charge in [0.1, 0.15) is 11.6 Å². The van der Waals surface area contributed by atoms with E-state index in [-0.39, 0.29) is 16.0 Å². The molecule has 0 radical (unpaired) electrons. The summed E-state index contributed by atoms with van der Waals surface area (Å²) in [5.74, 6) is -0.908. The highest BCUT2D eigenvalue weighted by molar-refractivity contribution is 9.10. The van der Waals surface area contributed by atoms with Gasteiger partial charge in [0.05, 0.1) is 4.47 Å². The maximum Gasteiger partial charge on any atom is 0.137 e. The Morgan fingerprint density at radius 2 is 1.90 bits per heavy atom. The van der Waals surface area contributed by atoms with E-state index >= 15 is 0 Å². The molecule has 0 spiro atoms. The Hall–Kier alpha value is -1.26. The van der Waals surface area contributed by atoms with Gasteiger partial charge in [-0.25, -0.2) is 8.78 Å². The molecule has 4 heteroatoms. The molecule has 2 atom stereocenters. The Bertz CT molecular complexity index is 672. The summed E-state index contributed by atoms with van der Waals surface area (Å²) in [6.07, 6.45) is 2.95. The third-order valence-corrected chi connectivity index (χ3v) is 4.86. The van der Waals surface area contributed by atoms with Gasteiger partial charge in [0, 0.05) is 17.5 Å². The van der Waals surface area contributed by atoms with Crippen LogP contribution in [0.15, 0.2) is 40.9 Å². The minimum Gasteiger partial charge on any atom is -0.323 e. The fourth-order valence-corrected chi connectivity index (χ4v) is 3.49. The topological polar surface area (TPSA) is 26.0 Å². The highest BCUT2D eigenvalue weighted by Gasteiger charge is 2.28. The van der Waals surface area contributed by atoms with E-state index in [0.717, 1.165) is 25.3 Å². The molecular formula is C17H16BrF2N. The third-order valence-electron chi connectivity index (χ3n) is 4.25. The van der Waals surface area contributed by atoms with Crippen molar-refractivity contribution in [3.63, 3.8) is 0 Å². The molecule has 21 heavy (non-hydrogen) atoms. The lowest BCUT2D eigenvalue weighted by Gasteiger charge is -2.30. The lowest BCUT2D eigenvalue weighted by Crippen LogP contribution is -2.24. The molecule has 0 amide bonds. The van der Waals surface area contributed by atoms with Crippen LogP contribution in [0, 0.1) is 11.6 Å². The van der Waals surface area contributed by atoms with E-state index in [1.807, 2.05) is 18.2 Å². The van der Waals surface area contributed by atoms with Gasteiger partial charge >= 0.3 is 0 Å². The van der Waals surface area contributed by atoms with Crippen LogP contribution in [0.3, 0.4) is 0 Å². The SMILES string of the molecule is NC(c1cc(F)c(Br)cc1F)C1CCCc2ccccc21. The molecule has 1 aliphatic rings. The van der Waals surface area contributed by atoms with Crippen molar-refractivity contribution in [1.29, 1.82) is 0 Å². The van der Waals surface area contributed by atoms with Crippen LogP contribution < -0.4 is 5.73 Å². The Morgan fingerprint density at radius 3 is 2.71 bits per heavy atom. The number of nitrogens with two attached hydrogens (primary N) is 1. The third kappa shape index (κ3) is 2.74. The fourth-order valence-electron chi connectivity index (χ4n) is 3.17. The number of halogens is 3.